The zero-order chi connectivity index (χ0) is 15.9. The van der Waals surface area contributed by atoms with E-state index in [9.17, 15) is 4.79 Å². The molecule has 0 atom stereocenters. The zero-order valence-electron chi connectivity index (χ0n) is 12.0. The average Bonchev–Trinajstić information content (AvgIpc) is 2.89. The summed E-state index contributed by atoms with van der Waals surface area (Å²) in [5.74, 6) is 2.13. The van der Waals surface area contributed by atoms with E-state index in [1.54, 1.807) is 24.9 Å². The molecule has 2 aromatic rings. The van der Waals surface area contributed by atoms with Crippen LogP contribution in [0.2, 0.25) is 0 Å². The Kier molecular flexibility index (Phi) is 5.78. The van der Waals surface area contributed by atoms with Crippen LogP contribution in [0.25, 0.3) is 0 Å². The Morgan fingerprint density at radius 3 is 3.09 bits per heavy atom. The molecule has 2 aromatic heterocycles. The van der Waals surface area contributed by atoms with Gasteiger partial charge in [-0.3, -0.25) is 9.78 Å². The third-order valence-electron chi connectivity index (χ3n) is 2.53. The molecule has 8 nitrogen and oxygen atoms in total. The van der Waals surface area contributed by atoms with E-state index in [4.69, 9.17) is 11.5 Å². The van der Waals surface area contributed by atoms with E-state index in [1.807, 2.05) is 5.38 Å². The fraction of sp³-hybridized carbons (Fsp3) is 0.333. The number of nitrogens with one attached hydrogen (secondary N) is 2. The normalized spacial score (nSPS) is 10.4. The Balaban J connectivity index is 1.71. The molecule has 10 heteroatoms. The van der Waals surface area contributed by atoms with Gasteiger partial charge < -0.3 is 16.8 Å². The highest BCUT2D eigenvalue weighted by molar-refractivity contribution is 7.98. The molecule has 0 fully saturated rings. The molecular formula is C12H17N7OS2. The highest BCUT2D eigenvalue weighted by Gasteiger charge is 2.02. The monoisotopic (exact) mass is 339 g/mol. The number of aromatic amines is 1. The number of thiazole rings is 1. The van der Waals surface area contributed by atoms with Crippen molar-refractivity contribution in [2.75, 3.05) is 17.6 Å². The van der Waals surface area contributed by atoms with E-state index >= 15 is 0 Å². The summed E-state index contributed by atoms with van der Waals surface area (Å²) in [6.07, 6.45) is 1.55. The minimum atomic E-state index is -0.125. The second kappa shape index (κ2) is 7.80. The van der Waals surface area contributed by atoms with Crippen molar-refractivity contribution < 1.29 is 0 Å². The van der Waals surface area contributed by atoms with Gasteiger partial charge in [0, 0.05) is 35.2 Å². The zero-order valence-corrected chi connectivity index (χ0v) is 13.6. The van der Waals surface area contributed by atoms with Crippen LogP contribution in [0.1, 0.15) is 11.3 Å². The van der Waals surface area contributed by atoms with Crippen molar-refractivity contribution in [1.82, 2.24) is 15.0 Å². The predicted molar refractivity (Wildman–Crippen MR) is 91.8 cm³/mol. The number of rotatable bonds is 7. The first kappa shape index (κ1) is 16.3. The number of H-pyrrole nitrogens is 1. The summed E-state index contributed by atoms with van der Waals surface area (Å²) in [5.41, 5.74) is 12.0. The Morgan fingerprint density at radius 1 is 1.55 bits per heavy atom. The van der Waals surface area contributed by atoms with E-state index in [2.05, 4.69) is 25.3 Å². The predicted octanol–water partition coefficient (Wildman–Crippen LogP) is 0.785. The first-order chi connectivity index (χ1) is 10.5. The second-order valence-corrected chi connectivity index (χ2v) is 6.32. The fourth-order valence-electron chi connectivity index (χ4n) is 1.49. The van der Waals surface area contributed by atoms with Crippen molar-refractivity contribution in [2.45, 2.75) is 12.7 Å². The van der Waals surface area contributed by atoms with Gasteiger partial charge in [0.2, 0.25) is 11.1 Å². The lowest BCUT2D eigenvalue weighted by Gasteiger charge is -2.04. The number of aryl methyl sites for hydroxylation is 1. The number of aliphatic imine (C=N–C) groups is 1. The SMILES string of the molecule is Cc1cnc(NCCSCc2csc(N=C(N)N)n2)[nH]c1=O. The van der Waals surface area contributed by atoms with Gasteiger partial charge in [-0.05, 0) is 6.92 Å². The van der Waals surface area contributed by atoms with Crippen LogP contribution in [0, 0.1) is 6.92 Å². The molecule has 0 spiro atoms. The standard InChI is InChI=1S/C12H17N7OS2/c1-7-4-16-11(18-9(7)20)15-2-3-21-5-8-6-22-12(17-8)19-10(13)14/h4,6H,2-3,5H2,1H3,(H4,13,14,17,19)(H2,15,16,18,20). The fourth-order valence-corrected chi connectivity index (χ4v) is 3.05. The maximum absolute atomic E-state index is 11.4. The molecule has 0 aliphatic carbocycles. The summed E-state index contributed by atoms with van der Waals surface area (Å²) in [5, 5.41) is 5.57. The van der Waals surface area contributed by atoms with E-state index in [0.29, 0.717) is 23.2 Å². The number of thioether (sulfide) groups is 1. The van der Waals surface area contributed by atoms with Crippen molar-refractivity contribution >= 4 is 40.1 Å². The van der Waals surface area contributed by atoms with Crippen molar-refractivity contribution in [3.05, 3.63) is 33.2 Å². The van der Waals surface area contributed by atoms with Gasteiger partial charge in [0.1, 0.15) is 0 Å². The Bertz CT molecular complexity index is 705. The number of guanidine groups is 1. The number of anilines is 1. The summed E-state index contributed by atoms with van der Waals surface area (Å²) in [7, 11) is 0. The molecule has 6 N–H and O–H groups in total. The largest absolute Gasteiger partial charge is 0.370 e. The molecule has 0 saturated heterocycles. The molecule has 2 rings (SSSR count). The summed E-state index contributed by atoms with van der Waals surface area (Å²) in [4.78, 5) is 26.4. The Labute approximate surface area is 135 Å². The Hall–Kier alpha value is -2.07. The van der Waals surface area contributed by atoms with E-state index < -0.39 is 0 Å². The first-order valence-corrected chi connectivity index (χ1v) is 8.49. The quantitative estimate of drug-likeness (QED) is 0.332. The van der Waals surface area contributed by atoms with Crippen molar-refractivity contribution in [1.29, 1.82) is 0 Å². The maximum atomic E-state index is 11.4. The molecule has 0 aromatic carbocycles. The van der Waals surface area contributed by atoms with Gasteiger partial charge in [-0.15, -0.1) is 11.3 Å². The third kappa shape index (κ3) is 5.04. The summed E-state index contributed by atoms with van der Waals surface area (Å²) >= 11 is 3.12. The van der Waals surface area contributed by atoms with Crippen LogP contribution in [0.5, 0.6) is 0 Å². The van der Waals surface area contributed by atoms with Crippen LogP contribution in [0.3, 0.4) is 0 Å². The highest BCUT2D eigenvalue weighted by atomic mass is 32.2. The van der Waals surface area contributed by atoms with Crippen LogP contribution in [0.15, 0.2) is 21.4 Å². The summed E-state index contributed by atoms with van der Waals surface area (Å²) in [6.45, 7) is 2.41. The van der Waals surface area contributed by atoms with Gasteiger partial charge >= 0.3 is 0 Å². The van der Waals surface area contributed by atoms with Gasteiger partial charge in [-0.1, -0.05) is 0 Å². The lowest BCUT2D eigenvalue weighted by Crippen LogP contribution is -2.21. The van der Waals surface area contributed by atoms with Crippen molar-refractivity contribution in [2.24, 2.45) is 16.5 Å². The molecule has 0 aliphatic rings. The molecule has 22 heavy (non-hydrogen) atoms. The van der Waals surface area contributed by atoms with E-state index in [1.165, 1.54) is 11.3 Å². The molecule has 2 heterocycles. The first-order valence-electron chi connectivity index (χ1n) is 6.46. The van der Waals surface area contributed by atoms with E-state index in [-0.39, 0.29) is 11.5 Å². The lowest BCUT2D eigenvalue weighted by molar-refractivity contribution is 1.04. The smallest absolute Gasteiger partial charge is 0.255 e. The number of nitrogens with two attached hydrogens (primary N) is 2. The molecular weight excluding hydrogens is 322 g/mol. The van der Waals surface area contributed by atoms with Gasteiger partial charge in [0.05, 0.1) is 5.69 Å². The number of hydrogen-bond acceptors (Lipinski definition) is 7. The van der Waals surface area contributed by atoms with Gasteiger partial charge in [-0.2, -0.15) is 16.8 Å². The van der Waals surface area contributed by atoms with E-state index in [0.717, 1.165) is 17.2 Å². The van der Waals surface area contributed by atoms with Gasteiger partial charge in [-0.25, -0.2) is 9.97 Å². The number of aromatic nitrogens is 3. The number of hydrogen-bond donors (Lipinski definition) is 4. The average molecular weight is 339 g/mol. The van der Waals surface area contributed by atoms with Crippen LogP contribution in [-0.2, 0) is 5.75 Å². The minimum absolute atomic E-state index is 0.0114. The van der Waals surface area contributed by atoms with Gasteiger partial charge in [0.25, 0.3) is 5.56 Å². The van der Waals surface area contributed by atoms with Crippen LogP contribution in [0.4, 0.5) is 11.1 Å². The molecule has 0 unspecified atom stereocenters. The Morgan fingerprint density at radius 2 is 2.36 bits per heavy atom. The summed E-state index contributed by atoms with van der Waals surface area (Å²) in [6, 6.07) is 0. The topological polar surface area (TPSA) is 135 Å². The maximum Gasteiger partial charge on any atom is 0.255 e. The molecule has 0 aliphatic heterocycles. The van der Waals surface area contributed by atoms with Gasteiger partial charge in [0.15, 0.2) is 5.96 Å². The summed E-state index contributed by atoms with van der Waals surface area (Å²) < 4.78 is 0. The molecule has 118 valence electrons. The molecule has 0 bridgehead atoms. The molecule has 0 amide bonds. The van der Waals surface area contributed by atoms with Crippen LogP contribution >= 0.6 is 23.1 Å². The second-order valence-electron chi connectivity index (χ2n) is 4.38. The molecule has 0 radical (unpaired) electrons. The number of nitrogens with zero attached hydrogens (tertiary/aromatic N) is 3. The van der Waals surface area contributed by atoms with Crippen molar-refractivity contribution in [3.8, 4) is 0 Å². The van der Waals surface area contributed by atoms with Crippen molar-refractivity contribution in [3.63, 3.8) is 0 Å². The third-order valence-corrected chi connectivity index (χ3v) is 4.31. The van der Waals surface area contributed by atoms with Crippen LogP contribution < -0.4 is 22.3 Å². The minimum Gasteiger partial charge on any atom is -0.370 e. The molecule has 0 saturated carbocycles. The van der Waals surface area contributed by atoms with Crippen LogP contribution in [-0.4, -0.2) is 33.2 Å². The lowest BCUT2D eigenvalue weighted by atomic mass is 10.4. The highest BCUT2D eigenvalue weighted by Crippen LogP contribution is 2.21.